The van der Waals surface area contributed by atoms with Crippen molar-refractivity contribution in [1.82, 2.24) is 0 Å². The van der Waals surface area contributed by atoms with E-state index in [0.717, 1.165) is 49.3 Å². The van der Waals surface area contributed by atoms with E-state index in [9.17, 15) is 0 Å². The van der Waals surface area contributed by atoms with Crippen LogP contribution in [0.25, 0.3) is 22.8 Å². The van der Waals surface area contributed by atoms with E-state index >= 15 is 26.3 Å². The molecule has 11 aliphatic carbocycles. The zero-order valence-corrected chi connectivity index (χ0v) is 40.9. The molecule has 11 aliphatic rings. The summed E-state index contributed by atoms with van der Waals surface area (Å²) in [6, 6.07) is 14.2. The average Bonchev–Trinajstić information content (AvgIpc) is 3.89. The van der Waals surface area contributed by atoms with Gasteiger partial charge in [-0.1, -0.05) is 160 Å². The minimum atomic E-state index is -5.53. The van der Waals surface area contributed by atoms with E-state index in [4.69, 9.17) is 0 Å². The highest BCUT2D eigenvalue weighted by Crippen LogP contribution is 2.68. The normalized spacial score (nSPS) is 27.3. The van der Waals surface area contributed by atoms with Crippen LogP contribution in [0.5, 0.6) is 0 Å². The van der Waals surface area contributed by atoms with Crippen molar-refractivity contribution in [2.24, 2.45) is 28.6 Å². The highest BCUT2D eigenvalue weighted by molar-refractivity contribution is 5.89. The summed E-state index contributed by atoms with van der Waals surface area (Å²) >= 11 is 0. The minimum absolute atomic E-state index is 0.149. The van der Waals surface area contributed by atoms with Crippen molar-refractivity contribution in [2.75, 3.05) is 0 Å². The van der Waals surface area contributed by atoms with Gasteiger partial charge in [0.15, 0.2) is 0 Å². The molecule has 3 unspecified atom stereocenters. The van der Waals surface area contributed by atoms with Gasteiger partial charge in [0.25, 0.3) is 0 Å². The molecule has 0 spiro atoms. The molecule has 0 aliphatic heterocycles. The monoisotopic (exact) mass is 952 g/mol. The second kappa shape index (κ2) is 15.6. The highest BCUT2D eigenvalue weighted by Gasteiger charge is 2.76. The van der Waals surface area contributed by atoms with E-state index < -0.39 is 28.9 Å². The minimum Gasteiger partial charge on any atom is -0.169 e. The largest absolute Gasteiger partial charge is 0.411 e. The van der Waals surface area contributed by atoms with Gasteiger partial charge in [0.2, 0.25) is 5.41 Å². The predicted molar refractivity (Wildman–Crippen MR) is 275 cm³/mol. The lowest BCUT2D eigenvalue weighted by Crippen LogP contribution is -2.51. The Morgan fingerprint density at radius 1 is 0.535 bits per heavy atom. The number of rotatable bonds is 4. The Bertz CT molecular complexity index is 3280. The molecule has 71 heavy (non-hydrogen) atoms. The van der Waals surface area contributed by atoms with Crippen LogP contribution in [-0.4, -0.2) is 12.4 Å². The summed E-state index contributed by atoms with van der Waals surface area (Å²) in [5, 5.41) is 0. The fraction of sp³-hybridized carbons (Fsp3) is 0.354. The number of hydrogen-bond donors (Lipinski definition) is 0. The van der Waals surface area contributed by atoms with Crippen LogP contribution in [0.1, 0.15) is 125 Å². The standard InChI is InChI=1S/C65H58F6/c1-61(2)56-32-44(43-18-17-41-30-40(15-16-42(41)31-43)39-14-13-37-9-5-6-10-38(37)29-39)19-24-50(56)51-25-20-45(33-57(51)61)46-21-26-52-53-27-22-47(35-59(53)62(3,4)58(52)34-46)48-23-28-54-49-11-7-8-12-55(49)63(60(54)36-48,64(66,67)68)65(69,70)71/h5-6,8-10,12-16,19,21,24,26,29-33,35-38,46H,7,11,17-18,20,22-23,25,27-28,34H2,1-4H3. The van der Waals surface area contributed by atoms with Gasteiger partial charge in [-0.25, -0.2) is 0 Å². The average molecular weight is 953 g/mol. The fourth-order valence-electron chi connectivity index (χ4n) is 14.8. The smallest absolute Gasteiger partial charge is 0.169 e. The Morgan fingerprint density at radius 2 is 1.23 bits per heavy atom. The number of benzene rings is 2. The molecule has 2 aromatic carbocycles. The van der Waals surface area contributed by atoms with Crippen LogP contribution in [0, 0.1) is 28.6 Å². The van der Waals surface area contributed by atoms with E-state index in [0.29, 0.717) is 43.1 Å². The topological polar surface area (TPSA) is 0 Å². The predicted octanol–water partition coefficient (Wildman–Crippen LogP) is 18.0. The van der Waals surface area contributed by atoms with Crippen molar-refractivity contribution >= 4 is 22.8 Å². The van der Waals surface area contributed by atoms with Gasteiger partial charge in [0, 0.05) is 28.6 Å². The van der Waals surface area contributed by atoms with Crippen LogP contribution in [-0.2, 0) is 11.8 Å². The van der Waals surface area contributed by atoms with Crippen molar-refractivity contribution < 1.29 is 26.3 Å². The third-order valence-corrected chi connectivity index (χ3v) is 18.6. The first-order valence-electron chi connectivity index (χ1n) is 26.0. The zero-order chi connectivity index (χ0) is 49.0. The molecule has 0 bridgehead atoms. The Labute approximate surface area is 413 Å². The third kappa shape index (κ3) is 6.57. The van der Waals surface area contributed by atoms with Gasteiger partial charge in [-0.15, -0.1) is 0 Å². The van der Waals surface area contributed by atoms with Gasteiger partial charge in [-0.3, -0.25) is 0 Å². The lowest BCUT2D eigenvalue weighted by Gasteiger charge is -2.39. The first-order chi connectivity index (χ1) is 33.9. The molecule has 13 rings (SSSR count). The maximum absolute atomic E-state index is 15.1. The quantitative estimate of drug-likeness (QED) is 0.268. The molecule has 2 aromatic rings. The van der Waals surface area contributed by atoms with E-state index in [1.807, 2.05) is 0 Å². The first kappa shape index (κ1) is 45.0. The van der Waals surface area contributed by atoms with Crippen molar-refractivity contribution in [3.05, 3.63) is 222 Å². The molecule has 0 radical (unpaired) electrons. The summed E-state index contributed by atoms with van der Waals surface area (Å²) < 4.78 is 90.6. The molecule has 0 heterocycles. The Kier molecular flexibility index (Phi) is 9.87. The number of alkyl halides is 6. The lowest BCUT2D eigenvalue weighted by atomic mass is 9.70. The van der Waals surface area contributed by atoms with Gasteiger partial charge in [-0.05, 0) is 183 Å². The number of aryl methyl sites for hydroxylation is 1. The molecule has 360 valence electrons. The van der Waals surface area contributed by atoms with Crippen molar-refractivity contribution in [3.8, 4) is 0 Å². The molecule has 0 saturated carbocycles. The summed E-state index contributed by atoms with van der Waals surface area (Å²) in [6.07, 6.45) is 28.0. The number of fused-ring (bicyclic) bond motifs is 6. The second-order valence-corrected chi connectivity index (χ2v) is 22.9. The van der Waals surface area contributed by atoms with Crippen LogP contribution in [0.2, 0.25) is 0 Å². The summed E-state index contributed by atoms with van der Waals surface area (Å²) in [6.45, 7) is 9.29. The number of hydrogen-bond acceptors (Lipinski definition) is 0. The van der Waals surface area contributed by atoms with E-state index in [-0.39, 0.29) is 40.7 Å². The highest BCUT2D eigenvalue weighted by atomic mass is 19.4. The maximum atomic E-state index is 15.1. The summed E-state index contributed by atoms with van der Waals surface area (Å²) in [5.41, 5.74) is 16.6. The van der Waals surface area contributed by atoms with Gasteiger partial charge in [0.1, 0.15) is 0 Å². The van der Waals surface area contributed by atoms with E-state index in [1.54, 1.807) is 0 Å². The summed E-state index contributed by atoms with van der Waals surface area (Å²) in [7, 11) is 0. The van der Waals surface area contributed by atoms with Crippen LogP contribution in [0.4, 0.5) is 26.3 Å². The van der Waals surface area contributed by atoms with Crippen molar-refractivity contribution in [3.63, 3.8) is 0 Å². The first-order valence-corrected chi connectivity index (χ1v) is 26.0. The molecular weight excluding hydrogens is 895 g/mol. The molecule has 0 saturated heterocycles. The molecule has 0 nitrogen and oxygen atoms in total. The van der Waals surface area contributed by atoms with Gasteiger partial charge < -0.3 is 0 Å². The molecule has 6 heteroatoms. The van der Waals surface area contributed by atoms with Crippen LogP contribution < -0.4 is 0 Å². The van der Waals surface area contributed by atoms with Crippen LogP contribution in [0.15, 0.2) is 188 Å². The second-order valence-electron chi connectivity index (χ2n) is 22.9. The van der Waals surface area contributed by atoms with Crippen molar-refractivity contribution in [2.45, 2.75) is 116 Å². The summed E-state index contributed by atoms with van der Waals surface area (Å²) in [4.78, 5) is 0. The Balaban J connectivity index is 0.735. The Hall–Kier alpha value is -5.88. The fourth-order valence-corrected chi connectivity index (χ4v) is 14.8. The van der Waals surface area contributed by atoms with Crippen LogP contribution in [0.3, 0.4) is 0 Å². The Morgan fingerprint density at radius 3 is 2.01 bits per heavy atom. The zero-order valence-electron chi connectivity index (χ0n) is 40.9. The third-order valence-electron chi connectivity index (χ3n) is 18.6. The summed E-state index contributed by atoms with van der Waals surface area (Å²) in [5.74, 6) is 1.13. The number of halogens is 6. The van der Waals surface area contributed by atoms with Crippen molar-refractivity contribution in [1.29, 1.82) is 0 Å². The molecule has 0 amide bonds. The lowest BCUT2D eigenvalue weighted by molar-refractivity contribution is -0.308. The van der Waals surface area contributed by atoms with E-state index in [2.05, 4.69) is 137 Å². The molecular formula is C65H58F6. The molecule has 0 aromatic heterocycles. The van der Waals surface area contributed by atoms with Crippen LogP contribution >= 0.6 is 0 Å². The molecule has 3 atom stereocenters. The van der Waals surface area contributed by atoms with E-state index in [1.165, 1.54) is 90.1 Å². The number of allylic oxidation sites excluding steroid dienone is 29. The molecule has 0 fully saturated rings. The van der Waals surface area contributed by atoms with Gasteiger partial charge in [0.05, 0.1) is 0 Å². The maximum Gasteiger partial charge on any atom is 0.411 e. The SMILES string of the molecule is CC1(C)C2=C(CCC(C3=CC4=C(CC3)C3=C(C=CCC3)C4(C(F)(F)F)C(F)(F)F)=C2)C2=C1CC(C1=CC3=C(CC1)c1ccc(C4=Cc5ccc(C6=CC7C=CC=CC7C=C6)cc5CC4)cc1C3(C)C)C=C2. The van der Waals surface area contributed by atoms with Gasteiger partial charge in [-0.2, -0.15) is 26.3 Å². The van der Waals surface area contributed by atoms with Gasteiger partial charge >= 0.3 is 12.4 Å². The molecule has 0 N–H and O–H groups in total.